The molecule has 2 aliphatic rings. The molecule has 1 aliphatic carbocycles. The van der Waals surface area contributed by atoms with Gasteiger partial charge in [-0.15, -0.1) is 0 Å². The van der Waals surface area contributed by atoms with Crippen LogP contribution < -0.4 is 5.32 Å². The molecule has 172 valence electrons. The molecule has 0 radical (unpaired) electrons. The summed E-state index contributed by atoms with van der Waals surface area (Å²) in [6, 6.07) is 7.29. The highest BCUT2D eigenvalue weighted by molar-refractivity contribution is 6.42. The molecule has 1 fully saturated rings. The molecule has 1 aliphatic heterocycles. The largest absolute Gasteiger partial charge is 0.343 e. The maximum absolute atomic E-state index is 14.1. The molecule has 7 heteroatoms. The average molecular weight is 475 g/mol. The summed E-state index contributed by atoms with van der Waals surface area (Å²) in [6.07, 6.45) is 9.49. The predicted molar refractivity (Wildman–Crippen MR) is 131 cm³/mol. The number of aromatic nitrogens is 2. The number of amides is 1. The number of fused-ring (bicyclic) bond motifs is 1. The minimum atomic E-state index is -0.336. The monoisotopic (exact) mass is 474 g/mol. The van der Waals surface area contributed by atoms with E-state index in [2.05, 4.69) is 24.3 Å². The number of rotatable bonds is 7. The molecule has 0 spiro atoms. The third-order valence-corrected chi connectivity index (χ3v) is 7.26. The summed E-state index contributed by atoms with van der Waals surface area (Å²) in [4.78, 5) is 16.1. The number of halogens is 2. The number of hydrogen-bond acceptors (Lipinski definition) is 3. The van der Waals surface area contributed by atoms with Crippen molar-refractivity contribution in [2.45, 2.75) is 64.8 Å². The van der Waals surface area contributed by atoms with Crippen molar-refractivity contribution in [3.8, 4) is 0 Å². The van der Waals surface area contributed by atoms with Gasteiger partial charge in [-0.3, -0.25) is 4.79 Å². The third-order valence-electron chi connectivity index (χ3n) is 6.52. The summed E-state index contributed by atoms with van der Waals surface area (Å²) >= 11 is 12.6. The van der Waals surface area contributed by atoms with Crippen molar-refractivity contribution >= 4 is 34.9 Å². The highest BCUT2D eigenvalue weighted by atomic mass is 35.5. The maximum atomic E-state index is 14.1. The molecular formula is C25H32Cl2N4O. The summed E-state index contributed by atoms with van der Waals surface area (Å²) in [6.45, 7) is 5.73. The molecule has 1 aromatic heterocycles. The number of nitrogens with zero attached hydrogens (tertiary/aromatic N) is 3. The molecule has 2 aromatic rings. The van der Waals surface area contributed by atoms with Crippen molar-refractivity contribution in [3.05, 3.63) is 57.3 Å². The number of carbonyl (C=O) groups excluding carboxylic acids is 1. The van der Waals surface area contributed by atoms with E-state index < -0.39 is 0 Å². The van der Waals surface area contributed by atoms with Gasteiger partial charge in [0.25, 0.3) is 5.91 Å². The number of carbonyl (C=O) groups is 1. The summed E-state index contributed by atoms with van der Waals surface area (Å²) in [7, 11) is 0. The first-order chi connectivity index (χ1) is 15.5. The lowest BCUT2D eigenvalue weighted by Gasteiger charge is -2.37. The summed E-state index contributed by atoms with van der Waals surface area (Å²) in [5.74, 6) is 1.36. The van der Waals surface area contributed by atoms with Crippen LogP contribution in [-0.2, 0) is 4.79 Å². The Morgan fingerprint density at radius 3 is 2.47 bits per heavy atom. The number of allylic oxidation sites excluding steroid dienone is 1. The zero-order valence-corrected chi connectivity index (χ0v) is 20.4. The molecule has 1 atom stereocenters. The summed E-state index contributed by atoms with van der Waals surface area (Å²) < 4.78 is 1.91. The first-order valence-corrected chi connectivity index (χ1v) is 12.6. The second kappa shape index (κ2) is 10.3. The van der Waals surface area contributed by atoms with Crippen LogP contribution >= 0.6 is 23.2 Å². The molecule has 32 heavy (non-hydrogen) atoms. The molecule has 0 bridgehead atoms. The fraction of sp³-hybridized carbons (Fsp3) is 0.520. The van der Waals surface area contributed by atoms with Gasteiger partial charge in [-0.25, -0.2) is 4.68 Å². The smallest absolute Gasteiger partial charge is 0.254 e. The van der Waals surface area contributed by atoms with Crippen LogP contribution in [0.5, 0.6) is 0 Å². The van der Waals surface area contributed by atoms with Crippen molar-refractivity contribution < 1.29 is 4.79 Å². The predicted octanol–water partition coefficient (Wildman–Crippen LogP) is 6.69. The minimum Gasteiger partial charge on any atom is -0.343 e. The molecule has 1 unspecified atom stereocenters. The lowest BCUT2D eigenvalue weighted by atomic mass is 9.81. The molecule has 1 amide bonds. The minimum absolute atomic E-state index is 0.0963. The molecule has 2 heterocycles. The zero-order valence-electron chi connectivity index (χ0n) is 18.9. The van der Waals surface area contributed by atoms with Crippen LogP contribution in [0.3, 0.4) is 0 Å². The third kappa shape index (κ3) is 4.55. The molecule has 1 saturated carbocycles. The van der Waals surface area contributed by atoms with Gasteiger partial charge in [0.1, 0.15) is 11.9 Å². The van der Waals surface area contributed by atoms with E-state index in [-0.39, 0.29) is 11.9 Å². The molecule has 1 aromatic carbocycles. The fourth-order valence-electron chi connectivity index (χ4n) is 5.05. The van der Waals surface area contributed by atoms with Crippen molar-refractivity contribution in [1.82, 2.24) is 14.7 Å². The summed E-state index contributed by atoms with van der Waals surface area (Å²) in [5.41, 5.74) is 2.79. The average Bonchev–Trinajstić information content (AvgIpc) is 3.28. The van der Waals surface area contributed by atoms with Crippen LogP contribution in [0.15, 0.2) is 41.7 Å². The van der Waals surface area contributed by atoms with Gasteiger partial charge in [-0.05, 0) is 49.3 Å². The Balaban J connectivity index is 1.89. The zero-order chi connectivity index (χ0) is 22.7. The quantitative estimate of drug-likeness (QED) is 0.486. The van der Waals surface area contributed by atoms with E-state index in [1.807, 2.05) is 33.8 Å². The first kappa shape index (κ1) is 23.2. The Bertz CT molecular complexity index is 988. The van der Waals surface area contributed by atoms with E-state index in [1.165, 1.54) is 19.3 Å². The highest BCUT2D eigenvalue weighted by Gasteiger charge is 2.38. The number of benzene rings is 1. The first-order valence-electron chi connectivity index (χ1n) is 11.8. The lowest BCUT2D eigenvalue weighted by molar-refractivity contribution is -0.127. The van der Waals surface area contributed by atoms with Crippen molar-refractivity contribution in [2.24, 2.45) is 5.92 Å². The standard InChI is InChI=1S/C25H32Cl2N4O/c1-3-14-30(15-4-2)25(32)22-23(17-8-6-5-7-9-17)29-21-12-13-28-31(21)24(22)18-10-11-19(26)20(27)16-18/h10-13,16-17,24,29H,3-9,14-15H2,1-2H3. The van der Waals surface area contributed by atoms with Crippen LogP contribution in [0.4, 0.5) is 5.82 Å². The van der Waals surface area contributed by atoms with Crippen LogP contribution in [0, 0.1) is 5.92 Å². The normalized spacial score (nSPS) is 18.9. The van der Waals surface area contributed by atoms with E-state index >= 15 is 0 Å². The fourth-order valence-corrected chi connectivity index (χ4v) is 5.36. The SMILES string of the molecule is CCCN(CCC)C(=O)C1=C(C2CCCCC2)Nc2ccnn2C1c1ccc(Cl)c(Cl)c1. The van der Waals surface area contributed by atoms with Gasteiger partial charge >= 0.3 is 0 Å². The molecule has 4 rings (SSSR count). The number of nitrogens with one attached hydrogen (secondary N) is 1. The lowest BCUT2D eigenvalue weighted by Crippen LogP contribution is -2.40. The Kier molecular flexibility index (Phi) is 7.47. The van der Waals surface area contributed by atoms with E-state index in [9.17, 15) is 4.79 Å². The number of anilines is 1. The van der Waals surface area contributed by atoms with E-state index in [0.29, 0.717) is 16.0 Å². The van der Waals surface area contributed by atoms with Gasteiger partial charge in [-0.2, -0.15) is 5.10 Å². The topological polar surface area (TPSA) is 50.2 Å². The molecule has 5 nitrogen and oxygen atoms in total. The van der Waals surface area contributed by atoms with Gasteiger partial charge < -0.3 is 10.2 Å². The second-order valence-electron chi connectivity index (χ2n) is 8.82. The van der Waals surface area contributed by atoms with Gasteiger partial charge in [-0.1, -0.05) is 62.4 Å². The van der Waals surface area contributed by atoms with Crippen LogP contribution in [-0.4, -0.2) is 33.7 Å². The van der Waals surface area contributed by atoms with Gasteiger partial charge in [0, 0.05) is 24.9 Å². The number of hydrogen-bond donors (Lipinski definition) is 1. The van der Waals surface area contributed by atoms with Gasteiger partial charge in [0.2, 0.25) is 0 Å². The van der Waals surface area contributed by atoms with Crippen LogP contribution in [0.2, 0.25) is 10.0 Å². The Labute approximate surface area is 200 Å². The maximum Gasteiger partial charge on any atom is 0.254 e. The van der Waals surface area contributed by atoms with Crippen molar-refractivity contribution in [3.63, 3.8) is 0 Å². The Morgan fingerprint density at radius 2 is 1.81 bits per heavy atom. The van der Waals surface area contributed by atoms with Crippen molar-refractivity contribution in [2.75, 3.05) is 18.4 Å². The van der Waals surface area contributed by atoms with E-state index in [1.54, 1.807) is 6.20 Å². The Morgan fingerprint density at radius 1 is 1.09 bits per heavy atom. The molecular weight excluding hydrogens is 443 g/mol. The van der Waals surface area contributed by atoms with Crippen LogP contribution in [0.25, 0.3) is 0 Å². The van der Waals surface area contributed by atoms with Gasteiger partial charge in [0.15, 0.2) is 0 Å². The van der Waals surface area contributed by atoms with Crippen LogP contribution in [0.1, 0.15) is 70.4 Å². The second-order valence-corrected chi connectivity index (χ2v) is 9.63. The van der Waals surface area contributed by atoms with E-state index in [4.69, 9.17) is 23.2 Å². The van der Waals surface area contributed by atoms with Crippen molar-refractivity contribution in [1.29, 1.82) is 0 Å². The molecule has 1 N–H and O–H groups in total. The van der Waals surface area contributed by atoms with Gasteiger partial charge in [0.05, 0.1) is 21.8 Å². The summed E-state index contributed by atoms with van der Waals surface area (Å²) in [5, 5.41) is 9.21. The molecule has 0 saturated heterocycles. The van der Waals surface area contributed by atoms with E-state index in [0.717, 1.165) is 61.4 Å². The highest BCUT2D eigenvalue weighted by Crippen LogP contribution is 2.43. The Hall–Kier alpha value is -1.98.